The Morgan fingerprint density at radius 3 is 2.47 bits per heavy atom. The van der Waals surface area contributed by atoms with Gasteiger partial charge in [-0.05, 0) is 20.0 Å². The van der Waals surface area contributed by atoms with Crippen LogP contribution >= 0.6 is 0 Å². The molecule has 0 fully saturated rings. The number of hydrogen-bond donors (Lipinski definition) is 2. The Morgan fingerprint density at radius 2 is 2.07 bits per heavy atom. The van der Waals surface area contributed by atoms with Crippen LogP contribution in [0.25, 0.3) is 0 Å². The van der Waals surface area contributed by atoms with E-state index in [1.165, 1.54) is 11.9 Å². The number of alkyl halides is 2. The fourth-order valence-corrected chi connectivity index (χ4v) is 1.17. The van der Waals surface area contributed by atoms with Crippen LogP contribution < -0.4 is 5.32 Å². The SMILES string of the molecule is CCCNC(CN(C)CC(F)F)C(=O)O. The molecule has 0 saturated carbocycles. The summed E-state index contributed by atoms with van der Waals surface area (Å²) in [5.74, 6) is -1.01. The third kappa shape index (κ3) is 7.21. The maximum atomic E-state index is 12.0. The van der Waals surface area contributed by atoms with E-state index in [0.717, 1.165) is 6.42 Å². The van der Waals surface area contributed by atoms with E-state index >= 15 is 0 Å². The van der Waals surface area contributed by atoms with E-state index in [-0.39, 0.29) is 6.54 Å². The minimum atomic E-state index is -2.43. The van der Waals surface area contributed by atoms with Gasteiger partial charge in [0.25, 0.3) is 6.43 Å². The number of nitrogens with one attached hydrogen (secondary N) is 1. The predicted octanol–water partition coefficient (Wildman–Crippen LogP) is 0.636. The highest BCUT2D eigenvalue weighted by Crippen LogP contribution is 1.97. The fraction of sp³-hybridized carbons (Fsp3) is 0.889. The number of rotatable bonds is 8. The molecule has 0 aliphatic carbocycles. The van der Waals surface area contributed by atoms with E-state index in [1.807, 2.05) is 6.92 Å². The van der Waals surface area contributed by atoms with Gasteiger partial charge in [0.1, 0.15) is 6.04 Å². The summed E-state index contributed by atoms with van der Waals surface area (Å²) in [5, 5.41) is 11.6. The third-order valence-electron chi connectivity index (χ3n) is 1.88. The molecule has 0 aromatic carbocycles. The lowest BCUT2D eigenvalue weighted by molar-refractivity contribution is -0.140. The van der Waals surface area contributed by atoms with Gasteiger partial charge in [-0.25, -0.2) is 8.78 Å². The van der Waals surface area contributed by atoms with E-state index in [0.29, 0.717) is 6.54 Å². The van der Waals surface area contributed by atoms with Crippen LogP contribution in [0.5, 0.6) is 0 Å². The largest absolute Gasteiger partial charge is 0.480 e. The molecular formula is C9H18F2N2O2. The molecule has 0 aromatic heterocycles. The van der Waals surface area contributed by atoms with E-state index in [2.05, 4.69) is 5.32 Å². The van der Waals surface area contributed by atoms with Crippen LogP contribution in [0, 0.1) is 0 Å². The van der Waals surface area contributed by atoms with Crippen molar-refractivity contribution in [2.45, 2.75) is 25.8 Å². The van der Waals surface area contributed by atoms with Crippen molar-refractivity contribution in [1.82, 2.24) is 10.2 Å². The van der Waals surface area contributed by atoms with Crippen LogP contribution in [0.1, 0.15) is 13.3 Å². The minimum Gasteiger partial charge on any atom is -0.480 e. The van der Waals surface area contributed by atoms with Gasteiger partial charge >= 0.3 is 5.97 Å². The third-order valence-corrected chi connectivity index (χ3v) is 1.88. The first kappa shape index (κ1) is 14.2. The normalized spacial score (nSPS) is 13.5. The van der Waals surface area contributed by atoms with Crippen molar-refractivity contribution in [3.8, 4) is 0 Å². The number of carboxylic acids is 1. The Kier molecular flexibility index (Phi) is 7.15. The fourth-order valence-electron chi connectivity index (χ4n) is 1.17. The summed E-state index contributed by atoms with van der Waals surface area (Å²) in [5.41, 5.74) is 0. The van der Waals surface area contributed by atoms with E-state index in [9.17, 15) is 13.6 Å². The average molecular weight is 224 g/mol. The van der Waals surface area contributed by atoms with Gasteiger partial charge in [-0.2, -0.15) is 0 Å². The van der Waals surface area contributed by atoms with Crippen molar-refractivity contribution in [1.29, 1.82) is 0 Å². The Morgan fingerprint density at radius 1 is 1.47 bits per heavy atom. The van der Waals surface area contributed by atoms with Gasteiger partial charge in [0.15, 0.2) is 0 Å². The van der Waals surface area contributed by atoms with E-state index in [1.54, 1.807) is 0 Å². The molecule has 0 heterocycles. The molecule has 0 radical (unpaired) electrons. The number of hydrogen-bond acceptors (Lipinski definition) is 3. The molecule has 0 amide bonds. The van der Waals surface area contributed by atoms with E-state index < -0.39 is 25.0 Å². The maximum Gasteiger partial charge on any atom is 0.322 e. The topological polar surface area (TPSA) is 52.6 Å². The zero-order valence-corrected chi connectivity index (χ0v) is 9.04. The van der Waals surface area contributed by atoms with E-state index in [4.69, 9.17) is 5.11 Å². The summed E-state index contributed by atoms with van der Waals surface area (Å²) in [6.45, 7) is 2.16. The Labute approximate surface area is 88.3 Å². The summed E-state index contributed by atoms with van der Waals surface area (Å²) in [7, 11) is 1.48. The summed E-state index contributed by atoms with van der Waals surface area (Å²) >= 11 is 0. The lowest BCUT2D eigenvalue weighted by Gasteiger charge is -2.21. The lowest BCUT2D eigenvalue weighted by atomic mass is 10.2. The standard InChI is InChI=1S/C9H18F2N2O2/c1-3-4-12-7(9(14)15)5-13(2)6-8(10)11/h7-8,12H,3-6H2,1-2H3,(H,14,15). The molecule has 0 saturated heterocycles. The number of aliphatic carboxylic acids is 1. The van der Waals surface area contributed by atoms with Crippen LogP contribution in [-0.2, 0) is 4.79 Å². The Balaban J connectivity index is 3.98. The molecule has 90 valence electrons. The molecule has 0 aromatic rings. The van der Waals surface area contributed by atoms with Gasteiger partial charge in [0.2, 0.25) is 0 Å². The van der Waals surface area contributed by atoms with Crippen molar-refractivity contribution >= 4 is 5.97 Å². The molecule has 15 heavy (non-hydrogen) atoms. The van der Waals surface area contributed by atoms with Crippen molar-refractivity contribution in [2.75, 3.05) is 26.7 Å². The molecule has 0 aliphatic heterocycles. The van der Waals surface area contributed by atoms with Gasteiger partial charge in [0.05, 0.1) is 6.54 Å². The highest BCUT2D eigenvalue weighted by Gasteiger charge is 2.19. The number of carbonyl (C=O) groups is 1. The quantitative estimate of drug-likeness (QED) is 0.635. The monoisotopic (exact) mass is 224 g/mol. The molecule has 4 nitrogen and oxygen atoms in total. The van der Waals surface area contributed by atoms with Gasteiger partial charge in [-0.1, -0.05) is 6.92 Å². The van der Waals surface area contributed by atoms with Gasteiger partial charge in [0, 0.05) is 6.54 Å². The lowest BCUT2D eigenvalue weighted by Crippen LogP contribution is -2.46. The van der Waals surface area contributed by atoms with Gasteiger partial charge in [-0.15, -0.1) is 0 Å². The minimum absolute atomic E-state index is 0.0830. The first-order valence-corrected chi connectivity index (χ1v) is 4.90. The number of nitrogens with zero attached hydrogens (tertiary/aromatic N) is 1. The highest BCUT2D eigenvalue weighted by molar-refractivity contribution is 5.73. The van der Waals surface area contributed by atoms with Crippen LogP contribution in [0.4, 0.5) is 8.78 Å². The molecule has 0 bridgehead atoms. The second-order valence-corrected chi connectivity index (χ2v) is 3.46. The molecule has 6 heteroatoms. The zero-order chi connectivity index (χ0) is 11.8. The van der Waals surface area contributed by atoms with Crippen LogP contribution in [-0.4, -0.2) is 55.1 Å². The highest BCUT2D eigenvalue weighted by atomic mass is 19.3. The molecule has 1 unspecified atom stereocenters. The molecule has 2 N–H and O–H groups in total. The van der Waals surface area contributed by atoms with Crippen LogP contribution in [0.15, 0.2) is 0 Å². The molecule has 0 rings (SSSR count). The maximum absolute atomic E-state index is 12.0. The number of halogens is 2. The second-order valence-electron chi connectivity index (χ2n) is 3.46. The van der Waals surface area contributed by atoms with Gasteiger partial charge < -0.3 is 10.4 Å². The smallest absolute Gasteiger partial charge is 0.322 e. The zero-order valence-electron chi connectivity index (χ0n) is 9.04. The molecule has 0 aliphatic rings. The number of likely N-dealkylation sites (N-methyl/N-ethyl adjacent to an activating group) is 1. The second kappa shape index (κ2) is 7.53. The van der Waals surface area contributed by atoms with Crippen molar-refractivity contribution < 1.29 is 18.7 Å². The Hall–Kier alpha value is -0.750. The summed E-state index contributed by atoms with van der Waals surface area (Å²) in [6, 6.07) is -0.784. The van der Waals surface area contributed by atoms with Crippen molar-refractivity contribution in [3.05, 3.63) is 0 Å². The molecule has 1 atom stereocenters. The Bertz CT molecular complexity index is 191. The first-order chi connectivity index (χ1) is 6.97. The summed E-state index contributed by atoms with van der Waals surface area (Å²) < 4.78 is 24.0. The van der Waals surface area contributed by atoms with Crippen molar-refractivity contribution in [2.24, 2.45) is 0 Å². The average Bonchev–Trinajstić information content (AvgIpc) is 2.10. The van der Waals surface area contributed by atoms with Gasteiger partial charge in [-0.3, -0.25) is 9.69 Å². The summed E-state index contributed by atoms with van der Waals surface area (Å²) in [6.07, 6.45) is -1.63. The van der Waals surface area contributed by atoms with Crippen LogP contribution in [0.3, 0.4) is 0 Å². The molecular weight excluding hydrogens is 206 g/mol. The summed E-state index contributed by atoms with van der Waals surface area (Å²) in [4.78, 5) is 12.1. The van der Waals surface area contributed by atoms with Crippen LogP contribution in [0.2, 0.25) is 0 Å². The first-order valence-electron chi connectivity index (χ1n) is 4.90. The van der Waals surface area contributed by atoms with Crippen molar-refractivity contribution in [3.63, 3.8) is 0 Å². The predicted molar refractivity (Wildman–Crippen MR) is 53.2 cm³/mol. The molecule has 0 spiro atoms. The number of carboxylic acid groups (broad SMARTS) is 1.